The van der Waals surface area contributed by atoms with Crippen molar-refractivity contribution in [2.45, 2.75) is 30.8 Å². The molecule has 3 rings (SSSR count). The van der Waals surface area contributed by atoms with E-state index in [0.29, 0.717) is 0 Å². The lowest BCUT2D eigenvalue weighted by atomic mass is 10.1. The number of ether oxygens (including phenoxy) is 1. The number of aliphatic imine (C=N–C) groups is 1. The first kappa shape index (κ1) is 13.1. The zero-order valence-corrected chi connectivity index (χ0v) is 10.2. The van der Waals surface area contributed by atoms with E-state index in [2.05, 4.69) is 15.4 Å². The Hall–Kier alpha value is -1.95. The number of fused-ring (bicyclic) bond motifs is 1. The van der Waals surface area contributed by atoms with Crippen LogP contribution in [0.4, 0.5) is 4.79 Å². The van der Waals surface area contributed by atoms with Gasteiger partial charge < -0.3 is 25.8 Å². The molecule has 1 saturated heterocycles. The van der Waals surface area contributed by atoms with Gasteiger partial charge in [-0.05, 0) is 0 Å². The van der Waals surface area contributed by atoms with Crippen molar-refractivity contribution in [1.82, 2.24) is 15.2 Å². The van der Waals surface area contributed by atoms with E-state index in [9.17, 15) is 15.0 Å². The molecule has 3 aliphatic rings. The van der Waals surface area contributed by atoms with Crippen LogP contribution in [0.1, 0.15) is 0 Å². The number of guanidine groups is 1. The van der Waals surface area contributed by atoms with Crippen molar-refractivity contribution >= 4 is 18.3 Å². The maximum atomic E-state index is 11.6. The van der Waals surface area contributed by atoms with E-state index in [1.165, 1.54) is 11.2 Å². The predicted molar refractivity (Wildman–Crippen MR) is 63.9 cm³/mol. The third-order valence-corrected chi connectivity index (χ3v) is 3.30. The van der Waals surface area contributed by atoms with Crippen LogP contribution in [0.5, 0.6) is 0 Å². The van der Waals surface area contributed by atoms with E-state index in [1.807, 2.05) is 0 Å². The number of aliphatic hydroxyl groups excluding tert-OH is 3. The van der Waals surface area contributed by atoms with Crippen LogP contribution in [-0.2, 0) is 4.74 Å². The second-order valence-corrected chi connectivity index (χ2v) is 4.54. The number of nitrogens with zero attached hydrogens (tertiary/aromatic N) is 4. The zero-order valence-electron chi connectivity index (χ0n) is 10.2. The Bertz CT molecular complexity index is 483. The molecule has 0 aliphatic carbocycles. The van der Waals surface area contributed by atoms with Gasteiger partial charge in [-0.15, -0.1) is 0 Å². The second-order valence-electron chi connectivity index (χ2n) is 4.54. The lowest BCUT2D eigenvalue weighted by Crippen LogP contribution is -2.57. The van der Waals surface area contributed by atoms with Gasteiger partial charge in [-0.2, -0.15) is 10.1 Å². The van der Waals surface area contributed by atoms with Crippen LogP contribution >= 0.6 is 0 Å². The van der Waals surface area contributed by atoms with Crippen molar-refractivity contribution in [2.75, 3.05) is 6.61 Å². The molecule has 0 saturated carbocycles. The van der Waals surface area contributed by atoms with Crippen LogP contribution in [-0.4, -0.2) is 81.0 Å². The van der Waals surface area contributed by atoms with Gasteiger partial charge in [0, 0.05) is 0 Å². The molecule has 6 N–H and O–H groups in total. The molecule has 1 unspecified atom stereocenters. The molecule has 0 aromatic heterocycles. The van der Waals surface area contributed by atoms with Gasteiger partial charge in [0.25, 0.3) is 0 Å². The molecule has 2 amide bonds. The smallest absolute Gasteiger partial charge is 0.348 e. The molecular formula is C9H14N6O5. The van der Waals surface area contributed by atoms with Crippen LogP contribution in [0, 0.1) is 0 Å². The van der Waals surface area contributed by atoms with Crippen LogP contribution in [0.15, 0.2) is 10.1 Å². The maximum absolute atomic E-state index is 11.6. The summed E-state index contributed by atoms with van der Waals surface area (Å²) in [5, 5.41) is 35.9. The standard InChI is InChI=1S/C9H14N6O5/c10-7-12-8-14(2-11-15(8)9(19)13-7)6-5(18)4(17)3(1-16)20-6/h2-6,8,16-18H,1H2,(H3,10,12,13,19)/t3-,4-,5-,6-,8?/m1/s1. The molecule has 1 fully saturated rings. The third kappa shape index (κ3) is 1.79. The summed E-state index contributed by atoms with van der Waals surface area (Å²) in [6, 6.07) is -0.562. The molecule has 110 valence electrons. The van der Waals surface area contributed by atoms with E-state index in [4.69, 9.17) is 15.6 Å². The number of hydrazone groups is 1. The Labute approximate surface area is 112 Å². The third-order valence-electron chi connectivity index (χ3n) is 3.30. The minimum absolute atomic E-state index is 0.0847. The second kappa shape index (κ2) is 4.56. The van der Waals surface area contributed by atoms with E-state index in [-0.39, 0.29) is 5.96 Å². The van der Waals surface area contributed by atoms with Gasteiger partial charge in [0.15, 0.2) is 6.23 Å². The van der Waals surface area contributed by atoms with Gasteiger partial charge in [0.1, 0.15) is 24.7 Å². The lowest BCUT2D eigenvalue weighted by molar-refractivity contribution is -0.0892. The number of amides is 2. The number of hydrogen-bond donors (Lipinski definition) is 5. The van der Waals surface area contributed by atoms with Gasteiger partial charge in [-0.25, -0.2) is 9.79 Å². The number of rotatable bonds is 2. The molecular weight excluding hydrogens is 272 g/mol. The summed E-state index contributed by atoms with van der Waals surface area (Å²) in [5.41, 5.74) is 5.47. The molecule has 5 atom stereocenters. The number of aliphatic hydroxyl groups is 3. The van der Waals surface area contributed by atoms with E-state index >= 15 is 0 Å². The molecule has 3 heterocycles. The maximum Gasteiger partial charge on any atom is 0.348 e. The van der Waals surface area contributed by atoms with Crippen molar-refractivity contribution in [3.8, 4) is 0 Å². The summed E-state index contributed by atoms with van der Waals surface area (Å²) in [6.07, 6.45) is -4.08. The van der Waals surface area contributed by atoms with Crippen molar-refractivity contribution < 1.29 is 24.9 Å². The summed E-state index contributed by atoms with van der Waals surface area (Å²) in [7, 11) is 0. The van der Waals surface area contributed by atoms with E-state index in [1.54, 1.807) is 0 Å². The van der Waals surface area contributed by atoms with Crippen LogP contribution < -0.4 is 11.1 Å². The Kier molecular flexibility index (Phi) is 2.97. The van der Waals surface area contributed by atoms with Crippen molar-refractivity contribution in [2.24, 2.45) is 15.8 Å². The quantitative estimate of drug-likeness (QED) is 0.350. The topological polar surface area (TPSA) is 156 Å². The first-order chi connectivity index (χ1) is 9.52. The van der Waals surface area contributed by atoms with Crippen LogP contribution in [0.2, 0.25) is 0 Å². The van der Waals surface area contributed by atoms with Gasteiger partial charge in [0.05, 0.1) is 6.61 Å². The Morgan fingerprint density at radius 3 is 2.85 bits per heavy atom. The number of hydrogen-bond acceptors (Lipinski definition) is 9. The molecule has 0 aromatic rings. The molecule has 20 heavy (non-hydrogen) atoms. The van der Waals surface area contributed by atoms with Crippen LogP contribution in [0.3, 0.4) is 0 Å². The zero-order chi connectivity index (χ0) is 14.4. The monoisotopic (exact) mass is 286 g/mol. The number of carbonyl (C=O) groups excluding carboxylic acids is 1. The Balaban J connectivity index is 1.84. The lowest BCUT2D eigenvalue weighted by Gasteiger charge is -2.33. The van der Waals surface area contributed by atoms with Gasteiger partial charge in [-0.1, -0.05) is 0 Å². The number of carbonyl (C=O) groups is 1. The largest absolute Gasteiger partial charge is 0.394 e. The highest BCUT2D eigenvalue weighted by Gasteiger charge is 2.50. The molecule has 0 bridgehead atoms. The molecule has 3 aliphatic heterocycles. The SMILES string of the molecule is NC1=NC2N(N=CN2[C@@H]2O[C@H](CO)[C@@H](O)[C@H]2O)C(=O)N1. The van der Waals surface area contributed by atoms with Crippen molar-refractivity contribution in [3.05, 3.63) is 0 Å². The van der Waals surface area contributed by atoms with Gasteiger partial charge >= 0.3 is 6.03 Å². The van der Waals surface area contributed by atoms with Gasteiger partial charge in [-0.3, -0.25) is 10.2 Å². The van der Waals surface area contributed by atoms with Gasteiger partial charge in [0.2, 0.25) is 12.2 Å². The first-order valence-electron chi connectivity index (χ1n) is 5.90. The summed E-state index contributed by atoms with van der Waals surface area (Å²) < 4.78 is 5.35. The molecule has 0 radical (unpaired) electrons. The predicted octanol–water partition coefficient (Wildman–Crippen LogP) is -3.69. The highest BCUT2D eigenvalue weighted by Crippen LogP contribution is 2.28. The van der Waals surface area contributed by atoms with Crippen molar-refractivity contribution in [1.29, 1.82) is 0 Å². The van der Waals surface area contributed by atoms with E-state index in [0.717, 1.165) is 5.01 Å². The summed E-state index contributed by atoms with van der Waals surface area (Å²) in [4.78, 5) is 17.0. The Morgan fingerprint density at radius 1 is 1.45 bits per heavy atom. The average molecular weight is 286 g/mol. The highest BCUT2D eigenvalue weighted by atomic mass is 16.6. The minimum Gasteiger partial charge on any atom is -0.394 e. The minimum atomic E-state index is -1.28. The summed E-state index contributed by atoms with van der Waals surface area (Å²) >= 11 is 0. The molecule has 11 nitrogen and oxygen atoms in total. The molecule has 0 aromatic carbocycles. The highest BCUT2D eigenvalue weighted by molar-refractivity contribution is 5.97. The number of nitrogens with two attached hydrogens (primary N) is 1. The van der Waals surface area contributed by atoms with Crippen molar-refractivity contribution in [3.63, 3.8) is 0 Å². The fourth-order valence-electron chi connectivity index (χ4n) is 2.29. The number of urea groups is 1. The van der Waals surface area contributed by atoms with E-state index < -0.39 is 43.5 Å². The fraction of sp³-hybridized carbons (Fsp3) is 0.667. The van der Waals surface area contributed by atoms with Crippen LogP contribution in [0.25, 0.3) is 0 Å². The molecule has 11 heteroatoms. The Morgan fingerprint density at radius 2 is 2.20 bits per heavy atom. The fourth-order valence-corrected chi connectivity index (χ4v) is 2.29. The first-order valence-corrected chi connectivity index (χ1v) is 5.90. The summed E-state index contributed by atoms with van der Waals surface area (Å²) in [6.45, 7) is -0.444. The molecule has 0 spiro atoms. The average Bonchev–Trinajstić information content (AvgIpc) is 2.93. The normalized spacial score (nSPS) is 39.9. The summed E-state index contributed by atoms with van der Waals surface area (Å²) in [5.74, 6) is -0.0847. The number of nitrogens with one attached hydrogen (secondary N) is 1.